The first-order valence-corrected chi connectivity index (χ1v) is 8.83. The molecular weight excluding hydrogens is 418 g/mol. The van der Waals surface area contributed by atoms with Crippen molar-refractivity contribution in [1.82, 2.24) is 0 Å². The SMILES string of the molecule is Cc1c(C(=O)O)ccc2ccccc12.Cc1c(C(=O)O)ccc2ccccc12.[Zn]. The molecule has 0 aliphatic heterocycles. The Bertz CT molecular complexity index is 1100. The van der Waals surface area contributed by atoms with Crippen LogP contribution in [0.1, 0.15) is 31.8 Å². The zero-order valence-electron chi connectivity index (χ0n) is 16.3. The Morgan fingerprint density at radius 2 is 0.931 bits per heavy atom. The number of aryl methyl sites for hydroxylation is 2. The van der Waals surface area contributed by atoms with Gasteiger partial charge in [-0.1, -0.05) is 60.7 Å². The van der Waals surface area contributed by atoms with Crippen LogP contribution >= 0.6 is 0 Å². The van der Waals surface area contributed by atoms with Gasteiger partial charge in [-0.2, -0.15) is 0 Å². The van der Waals surface area contributed by atoms with Crippen molar-refractivity contribution < 1.29 is 39.3 Å². The molecule has 0 spiro atoms. The van der Waals surface area contributed by atoms with E-state index in [0.29, 0.717) is 11.1 Å². The molecule has 0 radical (unpaired) electrons. The summed E-state index contributed by atoms with van der Waals surface area (Å²) < 4.78 is 0. The molecule has 5 heteroatoms. The van der Waals surface area contributed by atoms with Crippen molar-refractivity contribution >= 4 is 33.5 Å². The summed E-state index contributed by atoms with van der Waals surface area (Å²) in [6.07, 6.45) is 0. The summed E-state index contributed by atoms with van der Waals surface area (Å²) in [5, 5.41) is 22.0. The van der Waals surface area contributed by atoms with Gasteiger partial charge in [0, 0.05) is 19.5 Å². The molecule has 4 rings (SSSR count). The number of fused-ring (bicyclic) bond motifs is 2. The molecule has 0 aromatic heterocycles. The molecule has 0 aliphatic carbocycles. The standard InChI is InChI=1S/2C12H10O2.Zn/c2*1-8-10-5-3-2-4-9(10)6-7-11(8)12(13)14;/h2*2-7H,1H3,(H,13,14);. The van der Waals surface area contributed by atoms with Crippen LogP contribution in [0.2, 0.25) is 0 Å². The minimum atomic E-state index is -0.867. The first-order valence-electron chi connectivity index (χ1n) is 8.83. The number of carboxylic acids is 2. The molecule has 142 valence electrons. The molecule has 0 heterocycles. The smallest absolute Gasteiger partial charge is 0.335 e. The third-order valence-corrected chi connectivity index (χ3v) is 4.86. The van der Waals surface area contributed by atoms with Crippen LogP contribution in [0.25, 0.3) is 21.5 Å². The number of benzene rings is 4. The summed E-state index contributed by atoms with van der Waals surface area (Å²) >= 11 is 0. The average molecular weight is 438 g/mol. The van der Waals surface area contributed by atoms with Gasteiger partial charge in [0.15, 0.2) is 0 Å². The van der Waals surface area contributed by atoms with Crippen LogP contribution in [0.3, 0.4) is 0 Å². The van der Waals surface area contributed by atoms with Gasteiger partial charge in [-0.3, -0.25) is 0 Å². The van der Waals surface area contributed by atoms with Crippen LogP contribution in [-0.4, -0.2) is 22.2 Å². The quantitative estimate of drug-likeness (QED) is 0.395. The van der Waals surface area contributed by atoms with Gasteiger partial charge in [0.25, 0.3) is 0 Å². The second kappa shape index (κ2) is 9.44. The van der Waals surface area contributed by atoms with Crippen molar-refractivity contribution in [3.05, 3.63) is 95.1 Å². The molecule has 0 unspecified atom stereocenters. The van der Waals surface area contributed by atoms with Crippen molar-refractivity contribution in [2.24, 2.45) is 0 Å². The summed E-state index contributed by atoms with van der Waals surface area (Å²) in [6.45, 7) is 3.68. The van der Waals surface area contributed by atoms with Gasteiger partial charge >= 0.3 is 11.9 Å². The molecule has 0 saturated carbocycles. The van der Waals surface area contributed by atoms with Gasteiger partial charge in [0.2, 0.25) is 0 Å². The van der Waals surface area contributed by atoms with Gasteiger partial charge in [-0.15, -0.1) is 0 Å². The van der Waals surface area contributed by atoms with E-state index in [1.165, 1.54) is 0 Å². The molecule has 29 heavy (non-hydrogen) atoms. The number of aromatic carboxylic acids is 2. The van der Waals surface area contributed by atoms with E-state index in [2.05, 4.69) is 0 Å². The molecule has 4 aromatic rings. The van der Waals surface area contributed by atoms with E-state index in [0.717, 1.165) is 32.7 Å². The Kier molecular flexibility index (Phi) is 7.25. The fourth-order valence-corrected chi connectivity index (χ4v) is 3.32. The van der Waals surface area contributed by atoms with E-state index >= 15 is 0 Å². The second-order valence-corrected chi connectivity index (χ2v) is 6.53. The second-order valence-electron chi connectivity index (χ2n) is 6.53. The molecule has 0 atom stereocenters. The van der Waals surface area contributed by atoms with Gasteiger partial charge in [0.1, 0.15) is 0 Å². The average Bonchev–Trinajstić information content (AvgIpc) is 2.69. The monoisotopic (exact) mass is 436 g/mol. The van der Waals surface area contributed by atoms with Gasteiger partial charge < -0.3 is 10.2 Å². The van der Waals surface area contributed by atoms with Crippen LogP contribution in [0, 0.1) is 13.8 Å². The minimum absolute atomic E-state index is 0. The minimum Gasteiger partial charge on any atom is -0.478 e. The normalized spacial score (nSPS) is 10.0. The van der Waals surface area contributed by atoms with Crippen LogP contribution < -0.4 is 0 Å². The molecule has 2 N–H and O–H groups in total. The fraction of sp³-hybridized carbons (Fsp3) is 0.0833. The van der Waals surface area contributed by atoms with Gasteiger partial charge in [0.05, 0.1) is 11.1 Å². The summed E-state index contributed by atoms with van der Waals surface area (Å²) in [6, 6.07) is 22.6. The predicted molar refractivity (Wildman–Crippen MR) is 111 cm³/mol. The maximum atomic E-state index is 10.9. The van der Waals surface area contributed by atoms with E-state index in [1.807, 2.05) is 74.5 Å². The molecule has 0 fully saturated rings. The topological polar surface area (TPSA) is 74.6 Å². The number of carbonyl (C=O) groups is 2. The van der Waals surface area contributed by atoms with E-state index in [-0.39, 0.29) is 19.5 Å². The summed E-state index contributed by atoms with van der Waals surface area (Å²) in [5.41, 5.74) is 2.42. The Labute approximate surface area is 181 Å². The van der Waals surface area contributed by atoms with Crippen molar-refractivity contribution in [2.75, 3.05) is 0 Å². The molecule has 0 aliphatic rings. The van der Waals surface area contributed by atoms with Crippen molar-refractivity contribution in [2.45, 2.75) is 13.8 Å². The van der Waals surface area contributed by atoms with Crippen molar-refractivity contribution in [1.29, 1.82) is 0 Å². The van der Waals surface area contributed by atoms with E-state index < -0.39 is 11.9 Å². The zero-order chi connectivity index (χ0) is 20.3. The first kappa shape index (κ1) is 22.3. The van der Waals surface area contributed by atoms with E-state index in [9.17, 15) is 9.59 Å². The van der Waals surface area contributed by atoms with Gasteiger partial charge in [-0.25, -0.2) is 9.59 Å². The number of rotatable bonds is 2. The molecular formula is C24H20O4Zn. The summed E-state index contributed by atoms with van der Waals surface area (Å²) in [4.78, 5) is 21.7. The van der Waals surface area contributed by atoms with E-state index in [1.54, 1.807) is 12.1 Å². The molecule has 4 nitrogen and oxygen atoms in total. The fourth-order valence-electron chi connectivity index (χ4n) is 3.32. The molecule has 0 saturated heterocycles. The maximum absolute atomic E-state index is 10.9. The van der Waals surface area contributed by atoms with Crippen LogP contribution in [0.4, 0.5) is 0 Å². The van der Waals surface area contributed by atoms with Crippen molar-refractivity contribution in [3.63, 3.8) is 0 Å². The maximum Gasteiger partial charge on any atom is 0.335 e. The van der Waals surface area contributed by atoms with Crippen LogP contribution in [0.15, 0.2) is 72.8 Å². The number of carboxylic acid groups (broad SMARTS) is 2. The molecule has 0 bridgehead atoms. The first-order chi connectivity index (χ1) is 13.4. The third kappa shape index (κ3) is 4.69. The van der Waals surface area contributed by atoms with Crippen LogP contribution in [-0.2, 0) is 19.5 Å². The number of hydrogen-bond acceptors (Lipinski definition) is 2. The zero-order valence-corrected chi connectivity index (χ0v) is 19.3. The number of hydrogen-bond donors (Lipinski definition) is 2. The Morgan fingerprint density at radius 1 is 0.586 bits per heavy atom. The van der Waals surface area contributed by atoms with Crippen LogP contribution in [0.5, 0.6) is 0 Å². The van der Waals surface area contributed by atoms with Crippen molar-refractivity contribution in [3.8, 4) is 0 Å². The summed E-state index contributed by atoms with van der Waals surface area (Å²) in [7, 11) is 0. The third-order valence-electron chi connectivity index (χ3n) is 4.86. The Hall–Kier alpha value is -3.04. The largest absolute Gasteiger partial charge is 0.478 e. The molecule has 4 aromatic carbocycles. The predicted octanol–water partition coefficient (Wildman–Crippen LogP) is 5.69. The van der Waals surface area contributed by atoms with Gasteiger partial charge in [-0.05, 0) is 58.7 Å². The van der Waals surface area contributed by atoms with E-state index in [4.69, 9.17) is 10.2 Å². The molecule has 0 amide bonds. The summed E-state index contributed by atoms with van der Waals surface area (Å²) in [5.74, 6) is -1.73. The Morgan fingerprint density at radius 3 is 1.28 bits per heavy atom. The Balaban J connectivity index is 0.000000200.